The summed E-state index contributed by atoms with van der Waals surface area (Å²) in [5.41, 5.74) is 6.87. The van der Waals surface area contributed by atoms with Crippen molar-refractivity contribution in [2.75, 3.05) is 12.3 Å². The third-order valence-electron chi connectivity index (χ3n) is 2.84. The second-order valence-corrected chi connectivity index (χ2v) is 6.53. The van der Waals surface area contributed by atoms with E-state index in [0.29, 0.717) is 18.8 Å². The number of carbonyl (C=O) groups is 1. The van der Waals surface area contributed by atoms with E-state index in [1.807, 2.05) is 53.7 Å². The molecule has 0 heterocycles. The molecule has 1 aromatic carbocycles. The molecule has 1 amide bonds. The standard InChI is InChI=1S/C17H28N2O3/c1-7-19(16(20)22-17(4,5)6)11-13-10-14(18)8-9-15(13)21-12(2)3/h8-10,12H,7,11,18H2,1-6H3. The molecule has 2 N–H and O–H groups in total. The van der Waals surface area contributed by atoms with Gasteiger partial charge < -0.3 is 20.1 Å². The first kappa shape index (κ1) is 18.1. The van der Waals surface area contributed by atoms with Gasteiger partial charge in [-0.3, -0.25) is 0 Å². The Kier molecular flexibility index (Phi) is 6.09. The first-order valence-electron chi connectivity index (χ1n) is 7.65. The summed E-state index contributed by atoms with van der Waals surface area (Å²) in [5, 5.41) is 0. The zero-order valence-corrected chi connectivity index (χ0v) is 14.5. The third-order valence-corrected chi connectivity index (χ3v) is 2.84. The average Bonchev–Trinajstić information content (AvgIpc) is 2.36. The molecule has 0 atom stereocenters. The van der Waals surface area contributed by atoms with Crippen molar-refractivity contribution < 1.29 is 14.3 Å². The van der Waals surface area contributed by atoms with E-state index in [1.54, 1.807) is 11.0 Å². The highest BCUT2D eigenvalue weighted by Gasteiger charge is 2.22. The minimum atomic E-state index is -0.516. The molecule has 5 heteroatoms. The third kappa shape index (κ3) is 5.84. The summed E-state index contributed by atoms with van der Waals surface area (Å²) in [6.45, 7) is 12.4. The lowest BCUT2D eigenvalue weighted by Gasteiger charge is -2.27. The van der Waals surface area contributed by atoms with Crippen LogP contribution < -0.4 is 10.5 Å². The van der Waals surface area contributed by atoms with Gasteiger partial charge >= 0.3 is 6.09 Å². The molecule has 0 aliphatic carbocycles. The summed E-state index contributed by atoms with van der Waals surface area (Å²) in [7, 11) is 0. The molecule has 0 aliphatic heterocycles. The van der Waals surface area contributed by atoms with E-state index >= 15 is 0 Å². The van der Waals surface area contributed by atoms with Gasteiger partial charge in [0, 0.05) is 17.8 Å². The highest BCUT2D eigenvalue weighted by atomic mass is 16.6. The van der Waals surface area contributed by atoms with Gasteiger partial charge in [-0.15, -0.1) is 0 Å². The Labute approximate surface area is 133 Å². The van der Waals surface area contributed by atoms with Crippen molar-refractivity contribution in [3.63, 3.8) is 0 Å². The van der Waals surface area contributed by atoms with E-state index in [4.69, 9.17) is 15.2 Å². The lowest BCUT2D eigenvalue weighted by atomic mass is 10.1. The fourth-order valence-electron chi connectivity index (χ4n) is 1.93. The lowest BCUT2D eigenvalue weighted by molar-refractivity contribution is 0.0243. The van der Waals surface area contributed by atoms with Crippen LogP contribution in [0.15, 0.2) is 18.2 Å². The van der Waals surface area contributed by atoms with Gasteiger partial charge in [0.05, 0.1) is 12.6 Å². The number of carbonyl (C=O) groups excluding carboxylic acids is 1. The molecule has 0 spiro atoms. The van der Waals surface area contributed by atoms with Crippen LogP contribution in [0.25, 0.3) is 0 Å². The molecule has 0 saturated carbocycles. The van der Waals surface area contributed by atoms with Gasteiger partial charge in [0.2, 0.25) is 0 Å². The number of anilines is 1. The molecular weight excluding hydrogens is 280 g/mol. The molecule has 124 valence electrons. The second-order valence-electron chi connectivity index (χ2n) is 6.53. The minimum Gasteiger partial charge on any atom is -0.491 e. The van der Waals surface area contributed by atoms with Crippen LogP contribution in [0.5, 0.6) is 5.75 Å². The Bertz CT molecular complexity index is 507. The monoisotopic (exact) mass is 308 g/mol. The Balaban J connectivity index is 2.94. The van der Waals surface area contributed by atoms with E-state index < -0.39 is 5.60 Å². The van der Waals surface area contributed by atoms with Crippen LogP contribution in [-0.2, 0) is 11.3 Å². The summed E-state index contributed by atoms with van der Waals surface area (Å²) >= 11 is 0. The number of hydrogen-bond acceptors (Lipinski definition) is 4. The summed E-state index contributed by atoms with van der Waals surface area (Å²) in [4.78, 5) is 13.9. The molecule has 0 unspecified atom stereocenters. The van der Waals surface area contributed by atoms with Crippen molar-refractivity contribution in [3.05, 3.63) is 23.8 Å². The number of benzene rings is 1. The summed E-state index contributed by atoms with van der Waals surface area (Å²) in [5.74, 6) is 0.742. The van der Waals surface area contributed by atoms with Gasteiger partial charge in [-0.2, -0.15) is 0 Å². The van der Waals surface area contributed by atoms with Crippen molar-refractivity contribution in [3.8, 4) is 5.75 Å². The van der Waals surface area contributed by atoms with Gasteiger partial charge in [0.15, 0.2) is 0 Å². The Hall–Kier alpha value is -1.91. The molecule has 0 aliphatic rings. The maximum Gasteiger partial charge on any atom is 0.410 e. The minimum absolute atomic E-state index is 0.0546. The fourth-order valence-corrected chi connectivity index (χ4v) is 1.93. The van der Waals surface area contributed by atoms with E-state index in [0.717, 1.165) is 11.3 Å². The van der Waals surface area contributed by atoms with Crippen molar-refractivity contribution in [2.24, 2.45) is 0 Å². The quantitative estimate of drug-likeness (QED) is 0.840. The molecule has 0 saturated heterocycles. The molecule has 22 heavy (non-hydrogen) atoms. The van der Waals surface area contributed by atoms with Crippen LogP contribution in [0.1, 0.15) is 47.1 Å². The van der Waals surface area contributed by atoms with E-state index in [9.17, 15) is 4.79 Å². The zero-order chi connectivity index (χ0) is 16.9. The number of ether oxygens (including phenoxy) is 2. The normalized spacial score (nSPS) is 11.4. The van der Waals surface area contributed by atoms with Crippen LogP contribution in [-0.4, -0.2) is 29.2 Å². The van der Waals surface area contributed by atoms with Crippen LogP contribution >= 0.6 is 0 Å². The maximum absolute atomic E-state index is 12.2. The largest absolute Gasteiger partial charge is 0.491 e. The van der Waals surface area contributed by atoms with Crippen molar-refractivity contribution in [1.82, 2.24) is 4.90 Å². The van der Waals surface area contributed by atoms with Gasteiger partial charge in [-0.1, -0.05) is 0 Å². The number of rotatable bonds is 5. The predicted octanol–water partition coefficient (Wildman–Crippen LogP) is 3.81. The number of hydrogen-bond donors (Lipinski definition) is 1. The van der Waals surface area contributed by atoms with Crippen molar-refractivity contribution in [1.29, 1.82) is 0 Å². The van der Waals surface area contributed by atoms with Crippen LogP contribution in [0.3, 0.4) is 0 Å². The van der Waals surface area contributed by atoms with Crippen LogP contribution in [0.4, 0.5) is 10.5 Å². The van der Waals surface area contributed by atoms with Gasteiger partial charge in [0.1, 0.15) is 11.4 Å². The first-order valence-corrected chi connectivity index (χ1v) is 7.65. The molecule has 0 aromatic heterocycles. The topological polar surface area (TPSA) is 64.8 Å². The number of nitrogen functional groups attached to an aromatic ring is 1. The SMILES string of the molecule is CCN(Cc1cc(N)ccc1OC(C)C)C(=O)OC(C)(C)C. The molecule has 0 radical (unpaired) electrons. The molecule has 1 rings (SSSR count). The molecule has 5 nitrogen and oxygen atoms in total. The second kappa shape index (κ2) is 7.38. The van der Waals surface area contributed by atoms with Crippen LogP contribution in [0, 0.1) is 0 Å². The smallest absolute Gasteiger partial charge is 0.410 e. The van der Waals surface area contributed by atoms with E-state index in [2.05, 4.69) is 0 Å². The maximum atomic E-state index is 12.2. The first-order chi connectivity index (χ1) is 10.1. The van der Waals surface area contributed by atoms with Crippen LogP contribution in [0.2, 0.25) is 0 Å². The van der Waals surface area contributed by atoms with E-state index in [-0.39, 0.29) is 12.2 Å². The predicted molar refractivity (Wildman–Crippen MR) is 88.9 cm³/mol. The molecular formula is C17H28N2O3. The Morgan fingerprint density at radius 1 is 1.32 bits per heavy atom. The fraction of sp³-hybridized carbons (Fsp3) is 0.588. The van der Waals surface area contributed by atoms with Crippen molar-refractivity contribution >= 4 is 11.8 Å². The van der Waals surface area contributed by atoms with E-state index in [1.165, 1.54) is 0 Å². The van der Waals surface area contributed by atoms with Crippen molar-refractivity contribution in [2.45, 2.75) is 59.8 Å². The molecule has 1 aromatic rings. The zero-order valence-electron chi connectivity index (χ0n) is 14.5. The Morgan fingerprint density at radius 2 is 1.95 bits per heavy atom. The van der Waals surface area contributed by atoms with Gasteiger partial charge in [-0.05, 0) is 59.7 Å². The summed E-state index contributed by atoms with van der Waals surface area (Å²) < 4.78 is 11.2. The van der Waals surface area contributed by atoms with Gasteiger partial charge in [0.25, 0.3) is 0 Å². The number of nitrogens with two attached hydrogens (primary N) is 1. The molecule has 0 fully saturated rings. The highest BCUT2D eigenvalue weighted by Crippen LogP contribution is 2.25. The summed E-state index contributed by atoms with van der Waals surface area (Å²) in [6.07, 6.45) is -0.285. The number of nitrogens with zero attached hydrogens (tertiary/aromatic N) is 1. The summed E-state index contributed by atoms with van der Waals surface area (Å²) in [6, 6.07) is 5.48. The molecule has 0 bridgehead atoms. The van der Waals surface area contributed by atoms with Gasteiger partial charge in [-0.25, -0.2) is 4.79 Å². The Morgan fingerprint density at radius 3 is 2.45 bits per heavy atom. The highest BCUT2D eigenvalue weighted by molar-refractivity contribution is 5.68. The lowest BCUT2D eigenvalue weighted by Crippen LogP contribution is -2.36. The number of amides is 1. The average molecular weight is 308 g/mol.